The largest absolute Gasteiger partial charge is 0.0421 e. The van der Waals surface area contributed by atoms with Gasteiger partial charge in [0.05, 0.1) is 0 Å². The fourth-order valence-electron chi connectivity index (χ4n) is 66.6. The topological polar surface area (TPSA) is 0 Å². The van der Waals surface area contributed by atoms with Gasteiger partial charge < -0.3 is 0 Å². The molecule has 50 atom stereocenters. The summed E-state index contributed by atoms with van der Waals surface area (Å²) in [7, 11) is 0. The van der Waals surface area contributed by atoms with Crippen LogP contribution in [0.1, 0.15) is 12.8 Å². The molecule has 53 heavy (non-hydrogen) atoms. The van der Waals surface area contributed by atoms with Gasteiger partial charge in [-0.05, 0) is 209 Å². The van der Waals surface area contributed by atoms with Crippen LogP contribution in [0.3, 0.4) is 0 Å². The molecular formula is C53H6. The molecule has 51 rings (SSSR count). The lowest BCUT2D eigenvalue weighted by Crippen LogP contribution is -2.23. The second kappa shape index (κ2) is 1.48. The summed E-state index contributed by atoms with van der Waals surface area (Å²) in [5, 5.41) is 0. The maximum atomic E-state index is 1.78. The quantitative estimate of drug-likeness (QED) is 0.377. The van der Waals surface area contributed by atoms with E-state index < -0.39 is 0 Å². The monoisotopic (exact) mass is 642 g/mol. The Morgan fingerprint density at radius 2 is 0.283 bits per heavy atom. The van der Waals surface area contributed by atoms with Gasteiger partial charge in [-0.15, -0.1) is 0 Å². The minimum absolute atomic E-state index is 1.17. The summed E-state index contributed by atoms with van der Waals surface area (Å²) in [6.45, 7) is 0. The molecule has 0 aromatic rings. The van der Waals surface area contributed by atoms with Gasteiger partial charge in [0.2, 0.25) is 0 Å². The Morgan fingerprint density at radius 3 is 0.415 bits per heavy atom. The lowest BCUT2D eigenvalue weighted by Gasteiger charge is -2.24. The van der Waals surface area contributed by atoms with Crippen LogP contribution < -0.4 is 0 Å². The SMILES string of the molecule is C1C2C13C21C32C13C21C32C13C21C32C13C21C32C13C21C32C13C21C32C13C21C32C13C21C32C34C56C78C9%10C%11%12C%13%14C%15%16C%17%18C%19%20C%21%22C%23%24C%25%26C%27CC%27%25C%26%23C%24%21C%22%19C%20%17C%18%15C%16%13C%14%11C%129C%107C85C63C124. The van der Waals surface area contributed by atoms with Crippen molar-refractivity contribution < 1.29 is 0 Å². The van der Waals surface area contributed by atoms with Gasteiger partial charge in [-0.1, -0.05) is 0 Å². The summed E-state index contributed by atoms with van der Waals surface area (Å²) in [6.07, 6.45) is 3.57. The predicted octanol–water partition coefficient (Wildman–Crippen LogP) is 1.60. The van der Waals surface area contributed by atoms with Crippen molar-refractivity contribution in [1.29, 1.82) is 0 Å². The van der Waals surface area contributed by atoms with Crippen LogP contribution in [0.25, 0.3) is 0 Å². The molecule has 50 unspecified atom stereocenters. The molecule has 0 bridgehead atoms. The Hall–Kier alpha value is 0. The van der Waals surface area contributed by atoms with Gasteiger partial charge in [0.15, 0.2) is 0 Å². The molecule has 0 heteroatoms. The fraction of sp³-hybridized carbons (Fsp3) is 1.00. The first-order chi connectivity index (χ1) is 26.4. The van der Waals surface area contributed by atoms with Gasteiger partial charge in [-0.25, -0.2) is 0 Å². The first-order valence-corrected chi connectivity index (χ1v) is 26.4. The van der Waals surface area contributed by atoms with Crippen molar-refractivity contribution in [1.82, 2.24) is 0 Å². The number of rotatable bonds is 0. The Morgan fingerprint density at radius 1 is 0.151 bits per heavy atom. The minimum atomic E-state index is 1.17. The molecule has 0 radical (unpaired) electrons. The molecule has 0 saturated heterocycles. The van der Waals surface area contributed by atoms with Crippen LogP contribution in [-0.4, -0.2) is 0 Å². The van der Waals surface area contributed by atoms with E-state index in [2.05, 4.69) is 0 Å². The third kappa shape index (κ3) is 0.210. The standard InChI is InChI=1S/C53H6/c1-3-5(1)7(3)9(5)11(7)13(9)15(11)17(13)19(15)21(17)23(19)25(21)27(23)29(25)31(27)33(29)35(31)37(33)39(35)41(37)43(39)45(41)47(43)49(45)51(47)52-48-44-40-36-32-28-24-20-16-12-8-4-2-6(4,8)10(8,12)14(12,16)18(16,20)22(20,24)26(24,28)30(28,32)34(32,36)38(36,40)42(40,44)46(44,48)50(48,52)53(49,51)52/h3-4H,1-2H2. The molecular weight excluding hydrogens is 637 g/mol. The van der Waals surface area contributed by atoms with Crippen molar-refractivity contribution in [3.8, 4) is 0 Å². The Kier molecular flexibility index (Phi) is 0.378. The van der Waals surface area contributed by atoms with Crippen molar-refractivity contribution in [3.63, 3.8) is 0 Å². The van der Waals surface area contributed by atoms with Gasteiger partial charge in [0.1, 0.15) is 0 Å². The van der Waals surface area contributed by atoms with Crippen molar-refractivity contribution >= 4 is 0 Å². The molecule has 51 aliphatic rings. The van der Waals surface area contributed by atoms with E-state index in [1.54, 1.807) is 12.8 Å². The number of hydrogen-bond donors (Lipinski definition) is 0. The molecule has 0 aromatic carbocycles. The predicted molar refractivity (Wildman–Crippen MR) is 141 cm³/mol. The van der Waals surface area contributed by atoms with Crippen molar-refractivity contribution in [2.45, 2.75) is 12.8 Å². The lowest BCUT2D eigenvalue weighted by molar-refractivity contribution is 0.218. The van der Waals surface area contributed by atoms with Crippen LogP contribution in [-0.2, 0) is 0 Å². The van der Waals surface area contributed by atoms with Gasteiger partial charge >= 0.3 is 0 Å². The smallest absolute Gasteiger partial charge is 0 e. The van der Waals surface area contributed by atoms with Crippen molar-refractivity contribution in [3.05, 3.63) is 37.9 Å². The highest BCUT2D eigenvalue weighted by atomic mass is 16.0. The molecule has 0 aliphatic heterocycles. The average Bonchev–Trinajstić information content (AvgIpc) is 3.80. The van der Waals surface area contributed by atoms with Crippen LogP contribution in [0.2, 0.25) is 0 Å². The molecule has 51 saturated carbocycles. The van der Waals surface area contributed by atoms with Gasteiger partial charge in [0.25, 0.3) is 0 Å². The van der Waals surface area contributed by atoms with Gasteiger partial charge in [-0.2, -0.15) is 0 Å². The molecule has 0 nitrogen and oxygen atoms in total. The average molecular weight is 643 g/mol. The van der Waals surface area contributed by atoms with E-state index in [9.17, 15) is 0 Å². The second-order valence-corrected chi connectivity index (χ2v) is 38.8. The van der Waals surface area contributed by atoms with E-state index in [0.717, 1.165) is 0 Å². The summed E-state index contributed by atoms with van der Waals surface area (Å²) in [4.78, 5) is 0. The summed E-state index contributed by atoms with van der Waals surface area (Å²) in [5.74, 6) is 2.79. The van der Waals surface area contributed by atoms with E-state index in [1.165, 1.54) is 277 Å². The first-order valence-electron chi connectivity index (χ1n) is 26.4. The van der Waals surface area contributed by atoms with E-state index in [1.807, 2.05) is 0 Å². The van der Waals surface area contributed by atoms with E-state index >= 15 is 0 Å². The Bertz CT molecular complexity index is 4670. The molecule has 51 aliphatic carbocycles. The lowest BCUT2D eigenvalue weighted by atomic mass is 9.77. The molecule has 49 spiro atoms. The van der Waals surface area contributed by atoms with Crippen LogP contribution in [0.15, 0.2) is 0 Å². The second-order valence-electron chi connectivity index (χ2n) is 38.8. The zero-order valence-electron chi connectivity index (χ0n) is 27.1. The Labute approximate surface area is 288 Å². The highest BCUT2D eigenvalue weighted by molar-refractivity contribution is 6.79. The van der Waals surface area contributed by atoms with E-state index in [4.69, 9.17) is 0 Å². The molecule has 0 aromatic heterocycles. The molecule has 218 valence electrons. The summed E-state index contributed by atoms with van der Waals surface area (Å²) in [5.41, 5.74) is 60.6. The normalized spacial score (nSPS) is 182. The maximum Gasteiger partial charge on any atom is 0 e. The summed E-state index contributed by atoms with van der Waals surface area (Å²) in [6, 6.07) is 0. The Balaban J connectivity index is 0.447. The van der Waals surface area contributed by atoms with Gasteiger partial charge in [-0.3, -0.25) is 0 Å². The van der Waals surface area contributed by atoms with Crippen LogP contribution >= 0.6 is 0 Å². The van der Waals surface area contributed by atoms with Crippen LogP contribution in [0.5, 0.6) is 0 Å². The van der Waals surface area contributed by atoms with Crippen molar-refractivity contribution in [2.24, 2.45) is 239 Å². The summed E-state index contributed by atoms with van der Waals surface area (Å²) >= 11 is 0. The zero-order chi connectivity index (χ0) is 27.1. The minimum Gasteiger partial charge on any atom is -0.0421 e. The maximum absolute atomic E-state index is 1.78. The molecule has 51 fully saturated rings. The third-order valence-corrected chi connectivity index (χ3v) is 53.9. The zero-order valence-corrected chi connectivity index (χ0v) is 27.1. The number of hydrogen-bond acceptors (Lipinski definition) is 0. The van der Waals surface area contributed by atoms with Crippen LogP contribution in [0.4, 0.5) is 0 Å². The van der Waals surface area contributed by atoms with Gasteiger partial charge in [0, 0.05) is 81.2 Å². The highest BCUT2D eigenvalue weighted by Crippen LogP contribution is 4.04. The van der Waals surface area contributed by atoms with Crippen molar-refractivity contribution in [2.75, 3.05) is 0 Å². The molecule has 0 amide bonds. The van der Waals surface area contributed by atoms with Crippen LogP contribution in [0, 0.1) is 277 Å². The molecule has 0 N–H and O–H groups in total. The molecule has 0 heterocycles. The third-order valence-electron chi connectivity index (χ3n) is 53.9. The first kappa shape index (κ1) is 13.5. The fourth-order valence-corrected chi connectivity index (χ4v) is 66.6. The van der Waals surface area contributed by atoms with E-state index in [-0.39, 0.29) is 0 Å². The highest BCUT2D eigenvalue weighted by Gasteiger charge is 4.02. The summed E-state index contributed by atoms with van der Waals surface area (Å²) < 4.78 is 0. The van der Waals surface area contributed by atoms with E-state index in [0.29, 0.717) is 0 Å².